The summed E-state index contributed by atoms with van der Waals surface area (Å²) in [4.78, 5) is 10.5. The molecule has 0 bridgehead atoms. The summed E-state index contributed by atoms with van der Waals surface area (Å²) in [6.07, 6.45) is 0. The molecule has 20 heavy (non-hydrogen) atoms. The second-order valence-corrected chi connectivity index (χ2v) is 4.51. The van der Waals surface area contributed by atoms with Gasteiger partial charge in [-0.25, -0.2) is 0 Å². The summed E-state index contributed by atoms with van der Waals surface area (Å²) in [7, 11) is -2.66. The molecular formula is C12H9N3O4S. The highest BCUT2D eigenvalue weighted by Crippen LogP contribution is 2.33. The molecule has 7 nitrogen and oxygen atoms in total. The lowest BCUT2D eigenvalue weighted by atomic mass is 10.0. The molecule has 0 radical (unpaired) electrons. The minimum atomic E-state index is -2.66. The maximum Gasteiger partial charge on any atom is 0.316 e. The van der Waals surface area contributed by atoms with Crippen LogP contribution < -0.4 is 5.73 Å². The van der Waals surface area contributed by atoms with Crippen molar-refractivity contribution < 1.29 is 13.3 Å². The number of hydrogen-bond donors (Lipinski definition) is 1. The Kier molecular flexibility index (Phi) is 3.76. The van der Waals surface area contributed by atoms with Crippen LogP contribution in [0, 0.1) is 10.1 Å². The van der Waals surface area contributed by atoms with E-state index in [-0.39, 0.29) is 11.4 Å². The van der Waals surface area contributed by atoms with Crippen molar-refractivity contribution >= 4 is 27.6 Å². The van der Waals surface area contributed by atoms with E-state index in [4.69, 9.17) is 5.73 Å². The summed E-state index contributed by atoms with van der Waals surface area (Å²) in [6.45, 7) is 0. The van der Waals surface area contributed by atoms with E-state index < -0.39 is 15.4 Å². The Morgan fingerprint density at radius 3 is 2.30 bits per heavy atom. The van der Waals surface area contributed by atoms with Crippen LogP contribution in [0.3, 0.4) is 0 Å². The van der Waals surface area contributed by atoms with Crippen molar-refractivity contribution in [3.8, 4) is 11.1 Å². The molecular weight excluding hydrogens is 282 g/mol. The summed E-state index contributed by atoms with van der Waals surface area (Å²) in [5.74, 6) is 0. The molecule has 0 aliphatic heterocycles. The van der Waals surface area contributed by atoms with E-state index in [1.54, 1.807) is 24.3 Å². The van der Waals surface area contributed by atoms with Gasteiger partial charge in [0.15, 0.2) is 0 Å². The van der Waals surface area contributed by atoms with E-state index in [2.05, 4.69) is 4.36 Å². The van der Waals surface area contributed by atoms with Gasteiger partial charge in [0.2, 0.25) is 0 Å². The van der Waals surface area contributed by atoms with Crippen LogP contribution in [0.4, 0.5) is 17.1 Å². The number of nitrogens with zero attached hydrogens (tertiary/aromatic N) is 2. The van der Waals surface area contributed by atoms with E-state index in [1.807, 2.05) is 0 Å². The van der Waals surface area contributed by atoms with Gasteiger partial charge in [0.05, 0.1) is 16.2 Å². The zero-order valence-corrected chi connectivity index (χ0v) is 10.9. The largest absolute Gasteiger partial charge is 0.399 e. The minimum Gasteiger partial charge on any atom is -0.399 e. The molecule has 0 atom stereocenters. The van der Waals surface area contributed by atoms with Gasteiger partial charge in [-0.15, -0.1) is 4.36 Å². The number of nitrogens with two attached hydrogens (primary N) is 1. The fraction of sp³-hybridized carbons (Fsp3) is 0. The van der Waals surface area contributed by atoms with Crippen molar-refractivity contribution in [3.05, 3.63) is 52.6 Å². The average molecular weight is 291 g/mol. The maximum absolute atomic E-state index is 11.1. The lowest BCUT2D eigenvalue weighted by Gasteiger charge is -2.04. The van der Waals surface area contributed by atoms with Crippen molar-refractivity contribution in [2.45, 2.75) is 0 Å². The first-order chi connectivity index (χ1) is 9.47. The van der Waals surface area contributed by atoms with E-state index in [1.165, 1.54) is 12.1 Å². The van der Waals surface area contributed by atoms with E-state index in [0.29, 0.717) is 16.8 Å². The molecule has 0 aromatic heterocycles. The molecule has 8 heteroatoms. The smallest absolute Gasteiger partial charge is 0.316 e. The van der Waals surface area contributed by atoms with Crippen LogP contribution in [0.1, 0.15) is 0 Å². The van der Waals surface area contributed by atoms with Gasteiger partial charge in [0, 0.05) is 11.8 Å². The molecule has 0 heterocycles. The quantitative estimate of drug-likeness (QED) is 0.530. The third-order valence-corrected chi connectivity index (χ3v) is 2.94. The van der Waals surface area contributed by atoms with Crippen molar-refractivity contribution in [2.75, 3.05) is 5.73 Å². The summed E-state index contributed by atoms with van der Waals surface area (Å²) in [5.41, 5.74) is 6.87. The molecule has 2 aromatic carbocycles. The van der Waals surface area contributed by atoms with Crippen LogP contribution in [0.2, 0.25) is 0 Å². The maximum atomic E-state index is 11.1. The number of benzene rings is 2. The van der Waals surface area contributed by atoms with Gasteiger partial charge in [-0.2, -0.15) is 8.42 Å². The van der Waals surface area contributed by atoms with Gasteiger partial charge < -0.3 is 5.73 Å². The van der Waals surface area contributed by atoms with Gasteiger partial charge in [-0.1, -0.05) is 12.1 Å². The van der Waals surface area contributed by atoms with Gasteiger partial charge in [-0.3, -0.25) is 10.1 Å². The number of nitro groups is 1. The van der Waals surface area contributed by atoms with E-state index in [9.17, 15) is 18.5 Å². The van der Waals surface area contributed by atoms with E-state index >= 15 is 0 Å². The Hall–Kier alpha value is -2.74. The predicted octanol–water partition coefficient (Wildman–Crippen LogP) is 2.54. The first-order valence-corrected chi connectivity index (χ1v) is 6.46. The average Bonchev–Trinajstić information content (AvgIpc) is 2.39. The standard InChI is InChI=1S/C12H9N3O4S/c13-9-3-1-8(2-4-9)11-6-5-10(14-20(18)19)7-12(11)15(16)17/h1-7H,13H2. The first kappa shape index (κ1) is 13.7. The Balaban J connectivity index is 2.61. The highest BCUT2D eigenvalue weighted by Gasteiger charge is 2.16. The summed E-state index contributed by atoms with van der Waals surface area (Å²) < 4.78 is 24.2. The van der Waals surface area contributed by atoms with Crippen LogP contribution in [0.15, 0.2) is 46.8 Å². The molecule has 0 amide bonds. The molecule has 2 rings (SSSR count). The molecule has 0 saturated heterocycles. The Labute approximate surface area is 115 Å². The normalized spacial score (nSPS) is 10.0. The molecule has 0 saturated carbocycles. The fourth-order valence-corrected chi connectivity index (χ4v) is 2.01. The third-order valence-electron chi connectivity index (χ3n) is 2.58. The topological polar surface area (TPSA) is 116 Å². The van der Waals surface area contributed by atoms with E-state index in [0.717, 1.165) is 6.07 Å². The van der Waals surface area contributed by atoms with Crippen LogP contribution in [0.25, 0.3) is 11.1 Å². The zero-order valence-electron chi connectivity index (χ0n) is 10.1. The van der Waals surface area contributed by atoms with Crippen LogP contribution >= 0.6 is 0 Å². The molecule has 2 aromatic rings. The number of hydrogen-bond acceptors (Lipinski definition) is 6. The molecule has 2 N–H and O–H groups in total. The Bertz CT molecular complexity index is 790. The first-order valence-electron chi connectivity index (χ1n) is 5.43. The van der Waals surface area contributed by atoms with Gasteiger partial charge >= 0.3 is 10.5 Å². The van der Waals surface area contributed by atoms with Crippen molar-refractivity contribution in [1.82, 2.24) is 0 Å². The molecule has 0 unspecified atom stereocenters. The lowest BCUT2D eigenvalue weighted by Crippen LogP contribution is -1.92. The predicted molar refractivity (Wildman–Crippen MR) is 74.0 cm³/mol. The Morgan fingerprint density at radius 1 is 1.10 bits per heavy atom. The molecule has 0 spiro atoms. The van der Waals surface area contributed by atoms with Gasteiger partial charge in [0.1, 0.15) is 0 Å². The van der Waals surface area contributed by atoms with Crippen LogP contribution in [-0.2, 0) is 10.5 Å². The molecule has 102 valence electrons. The molecule has 0 fully saturated rings. The van der Waals surface area contributed by atoms with Crippen LogP contribution in [-0.4, -0.2) is 13.3 Å². The highest BCUT2D eigenvalue weighted by molar-refractivity contribution is 7.61. The molecule has 0 aliphatic carbocycles. The van der Waals surface area contributed by atoms with Crippen LogP contribution in [0.5, 0.6) is 0 Å². The van der Waals surface area contributed by atoms with Crippen molar-refractivity contribution in [1.29, 1.82) is 0 Å². The van der Waals surface area contributed by atoms with Crippen molar-refractivity contribution in [3.63, 3.8) is 0 Å². The van der Waals surface area contributed by atoms with Gasteiger partial charge in [-0.05, 0) is 29.8 Å². The lowest BCUT2D eigenvalue weighted by molar-refractivity contribution is -0.384. The minimum absolute atomic E-state index is 0.00392. The number of anilines is 1. The second-order valence-electron chi connectivity index (χ2n) is 3.89. The number of nitrogen functional groups attached to an aromatic ring is 1. The van der Waals surface area contributed by atoms with Crippen molar-refractivity contribution in [2.24, 2.45) is 4.36 Å². The zero-order chi connectivity index (χ0) is 14.7. The fourth-order valence-electron chi connectivity index (χ4n) is 1.72. The number of rotatable bonds is 3. The SMILES string of the molecule is Nc1ccc(-c2ccc(N=S(=O)=O)cc2[N+](=O)[O-])cc1. The monoisotopic (exact) mass is 291 g/mol. The van der Waals surface area contributed by atoms with Gasteiger partial charge in [0.25, 0.3) is 5.69 Å². The third kappa shape index (κ3) is 2.98. The Morgan fingerprint density at radius 2 is 1.75 bits per heavy atom. The summed E-state index contributed by atoms with van der Waals surface area (Å²) in [6, 6.07) is 10.5. The highest BCUT2D eigenvalue weighted by atomic mass is 32.2. The summed E-state index contributed by atoms with van der Waals surface area (Å²) >= 11 is 0. The molecule has 0 aliphatic rings. The summed E-state index contributed by atoms with van der Waals surface area (Å²) in [5, 5.41) is 11.1. The second kappa shape index (κ2) is 5.49. The number of nitro benzene ring substituents is 1.